The highest BCUT2D eigenvalue weighted by Gasteiger charge is 2.26. The number of alkyl carbamates (subject to hydrolysis) is 1. The van der Waals surface area contributed by atoms with Gasteiger partial charge in [0.2, 0.25) is 0 Å². The van der Waals surface area contributed by atoms with Crippen LogP contribution >= 0.6 is 0 Å². The minimum absolute atomic E-state index is 0.00259. The van der Waals surface area contributed by atoms with Crippen LogP contribution in [-0.4, -0.2) is 39.7 Å². The first kappa shape index (κ1) is 28.4. The Hall–Kier alpha value is -3.20. The van der Waals surface area contributed by atoms with Gasteiger partial charge in [0.1, 0.15) is 5.60 Å². The van der Waals surface area contributed by atoms with Gasteiger partial charge in [0.05, 0.1) is 5.56 Å². The fourth-order valence-corrected chi connectivity index (χ4v) is 4.89. The third-order valence-electron chi connectivity index (χ3n) is 6.82. The number of hydrogen-bond acceptors (Lipinski definition) is 6. The van der Waals surface area contributed by atoms with Gasteiger partial charge < -0.3 is 25.7 Å². The van der Waals surface area contributed by atoms with Crippen molar-refractivity contribution < 1.29 is 14.3 Å². The zero-order valence-electron chi connectivity index (χ0n) is 23.1. The lowest BCUT2D eigenvalue weighted by atomic mass is 9.90. The lowest BCUT2D eigenvalue weighted by Crippen LogP contribution is -2.44. The number of hydrogen-bond donors (Lipinski definition) is 4. The van der Waals surface area contributed by atoms with Gasteiger partial charge in [-0.25, -0.2) is 4.79 Å². The average Bonchev–Trinajstić information content (AvgIpc) is 2.78. The van der Waals surface area contributed by atoms with Crippen LogP contribution in [0.4, 0.5) is 4.79 Å². The first-order chi connectivity index (χ1) is 17.3. The van der Waals surface area contributed by atoms with Crippen molar-refractivity contribution >= 4 is 12.0 Å². The van der Waals surface area contributed by atoms with Crippen LogP contribution in [0.25, 0.3) is 0 Å². The van der Waals surface area contributed by atoms with Crippen LogP contribution in [0, 0.1) is 20.8 Å². The van der Waals surface area contributed by atoms with Gasteiger partial charge in [-0.15, -0.1) is 0 Å². The van der Waals surface area contributed by atoms with Crippen molar-refractivity contribution in [1.29, 1.82) is 0 Å². The Morgan fingerprint density at radius 1 is 1.11 bits per heavy atom. The third-order valence-corrected chi connectivity index (χ3v) is 6.82. The number of amides is 2. The second-order valence-corrected chi connectivity index (χ2v) is 11.1. The van der Waals surface area contributed by atoms with Gasteiger partial charge >= 0.3 is 6.09 Å². The number of aromatic nitrogens is 2. The summed E-state index contributed by atoms with van der Waals surface area (Å²) in [5.41, 5.74) is 3.82. The second-order valence-electron chi connectivity index (χ2n) is 11.1. The summed E-state index contributed by atoms with van der Waals surface area (Å²) in [5, 5.41) is 9.52. The Kier molecular flexibility index (Phi) is 9.12. The van der Waals surface area contributed by atoms with Crippen LogP contribution in [-0.2, 0) is 11.3 Å². The maximum Gasteiger partial charge on any atom is 0.407 e. The molecule has 9 nitrogen and oxygen atoms in total. The van der Waals surface area contributed by atoms with Crippen molar-refractivity contribution in [3.05, 3.63) is 62.3 Å². The zero-order chi connectivity index (χ0) is 27.3. The van der Waals surface area contributed by atoms with Crippen LogP contribution in [0.3, 0.4) is 0 Å². The highest BCUT2D eigenvalue weighted by molar-refractivity contribution is 5.95. The summed E-state index contributed by atoms with van der Waals surface area (Å²) in [6.07, 6.45) is 6.62. The summed E-state index contributed by atoms with van der Waals surface area (Å²) in [4.78, 5) is 44.4. The minimum Gasteiger partial charge on any atom is -0.444 e. The summed E-state index contributed by atoms with van der Waals surface area (Å²) in [6.45, 7) is 13.4. The SMILES string of the molecule is Cc1cc(C)c(CNC(=O)c2cncc(C(C)NC3CCC(NC(=O)OC(C)(C)C)CC3)c2C)c(=O)[nH]1. The summed E-state index contributed by atoms with van der Waals surface area (Å²) in [5.74, 6) is -0.257. The molecule has 0 spiro atoms. The molecule has 37 heavy (non-hydrogen) atoms. The maximum atomic E-state index is 13.0. The van der Waals surface area contributed by atoms with Gasteiger partial charge in [0, 0.05) is 48.3 Å². The van der Waals surface area contributed by atoms with Crippen LogP contribution < -0.4 is 21.5 Å². The number of pyridine rings is 2. The van der Waals surface area contributed by atoms with E-state index in [1.54, 1.807) is 12.4 Å². The molecule has 2 amide bonds. The van der Waals surface area contributed by atoms with E-state index in [1.165, 1.54) is 0 Å². The third kappa shape index (κ3) is 7.89. The average molecular weight is 512 g/mol. The van der Waals surface area contributed by atoms with E-state index in [-0.39, 0.29) is 36.2 Å². The van der Waals surface area contributed by atoms with Crippen LogP contribution in [0.15, 0.2) is 23.3 Å². The van der Waals surface area contributed by atoms with E-state index in [2.05, 4.69) is 32.8 Å². The van der Waals surface area contributed by atoms with E-state index >= 15 is 0 Å². The van der Waals surface area contributed by atoms with Crippen molar-refractivity contribution in [2.24, 2.45) is 0 Å². The first-order valence-corrected chi connectivity index (χ1v) is 13.0. The predicted octanol–water partition coefficient (Wildman–Crippen LogP) is 4.11. The maximum absolute atomic E-state index is 13.0. The Balaban J connectivity index is 1.56. The zero-order valence-corrected chi connectivity index (χ0v) is 23.1. The highest BCUT2D eigenvalue weighted by Crippen LogP contribution is 2.25. The highest BCUT2D eigenvalue weighted by atomic mass is 16.6. The molecule has 202 valence electrons. The molecule has 4 N–H and O–H groups in total. The number of nitrogens with zero attached hydrogens (tertiary/aromatic N) is 1. The number of carbonyl (C=O) groups is 2. The molecule has 1 saturated carbocycles. The lowest BCUT2D eigenvalue weighted by Gasteiger charge is -2.32. The number of aromatic amines is 1. The smallest absolute Gasteiger partial charge is 0.407 e. The predicted molar refractivity (Wildman–Crippen MR) is 144 cm³/mol. The minimum atomic E-state index is -0.507. The summed E-state index contributed by atoms with van der Waals surface area (Å²) in [7, 11) is 0. The molecule has 3 rings (SSSR count). The standard InChI is InChI=1S/C28H41N5O4/c1-16-12-17(2)31-26(35)22(16)15-30-25(34)24-14-29-13-23(18(24)3)19(4)32-20-8-10-21(11-9-20)33-27(36)37-28(5,6)7/h12-14,19-21,32H,8-11,15H2,1-7H3,(H,30,34)(H,31,35)(H,33,36). The molecule has 0 aliphatic heterocycles. The van der Waals surface area contributed by atoms with E-state index in [1.807, 2.05) is 47.6 Å². The summed E-state index contributed by atoms with van der Waals surface area (Å²) < 4.78 is 5.37. The fourth-order valence-electron chi connectivity index (χ4n) is 4.89. The Morgan fingerprint density at radius 2 is 1.76 bits per heavy atom. The molecule has 0 radical (unpaired) electrons. The molecule has 1 unspecified atom stereocenters. The number of rotatable bonds is 7. The van der Waals surface area contributed by atoms with Crippen molar-refractivity contribution in [3.8, 4) is 0 Å². The number of ether oxygens (including phenoxy) is 1. The van der Waals surface area contributed by atoms with E-state index in [0.717, 1.165) is 48.1 Å². The molecule has 1 fully saturated rings. The van der Waals surface area contributed by atoms with E-state index in [0.29, 0.717) is 17.2 Å². The Labute approximate surface area is 219 Å². The van der Waals surface area contributed by atoms with Crippen molar-refractivity contribution in [1.82, 2.24) is 25.9 Å². The number of nitrogens with one attached hydrogen (secondary N) is 4. The van der Waals surface area contributed by atoms with Gasteiger partial charge in [0.15, 0.2) is 0 Å². The molecule has 0 bridgehead atoms. The van der Waals surface area contributed by atoms with Gasteiger partial charge in [-0.05, 0) is 96.9 Å². The molecule has 0 saturated heterocycles. The van der Waals surface area contributed by atoms with Gasteiger partial charge in [-0.1, -0.05) is 0 Å². The van der Waals surface area contributed by atoms with E-state index in [9.17, 15) is 14.4 Å². The lowest BCUT2D eigenvalue weighted by molar-refractivity contribution is 0.0489. The molecule has 1 aliphatic rings. The van der Waals surface area contributed by atoms with Crippen LogP contribution in [0.2, 0.25) is 0 Å². The van der Waals surface area contributed by atoms with Crippen molar-refractivity contribution in [3.63, 3.8) is 0 Å². The largest absolute Gasteiger partial charge is 0.444 e. The van der Waals surface area contributed by atoms with Gasteiger partial charge in [-0.2, -0.15) is 0 Å². The molecule has 9 heteroatoms. The number of H-pyrrole nitrogens is 1. The quantitative estimate of drug-likeness (QED) is 0.443. The summed E-state index contributed by atoms with van der Waals surface area (Å²) in [6, 6.07) is 2.32. The number of carbonyl (C=O) groups excluding carboxylic acids is 2. The molecule has 0 aromatic carbocycles. The topological polar surface area (TPSA) is 125 Å². The van der Waals surface area contributed by atoms with E-state index in [4.69, 9.17) is 4.74 Å². The van der Waals surface area contributed by atoms with E-state index < -0.39 is 5.60 Å². The number of aryl methyl sites for hydroxylation is 2. The fraction of sp³-hybridized carbons (Fsp3) is 0.571. The molecule has 1 aliphatic carbocycles. The van der Waals surface area contributed by atoms with Crippen molar-refractivity contribution in [2.45, 2.75) is 104 Å². The molecule has 2 aromatic heterocycles. The molecular weight excluding hydrogens is 470 g/mol. The Bertz CT molecular complexity index is 1180. The Morgan fingerprint density at radius 3 is 2.38 bits per heavy atom. The summed E-state index contributed by atoms with van der Waals surface area (Å²) >= 11 is 0. The first-order valence-electron chi connectivity index (χ1n) is 13.0. The normalized spacial score (nSPS) is 18.7. The second kappa shape index (κ2) is 11.9. The molecule has 1 atom stereocenters. The monoisotopic (exact) mass is 511 g/mol. The molecule has 2 aromatic rings. The van der Waals surface area contributed by atoms with Gasteiger partial charge in [-0.3, -0.25) is 14.6 Å². The van der Waals surface area contributed by atoms with Crippen LogP contribution in [0.5, 0.6) is 0 Å². The van der Waals surface area contributed by atoms with Crippen LogP contribution in [0.1, 0.15) is 97.7 Å². The van der Waals surface area contributed by atoms with Crippen molar-refractivity contribution in [2.75, 3.05) is 0 Å². The van der Waals surface area contributed by atoms with Gasteiger partial charge in [0.25, 0.3) is 11.5 Å². The molecule has 2 heterocycles. The molecular formula is C28H41N5O4.